The summed E-state index contributed by atoms with van der Waals surface area (Å²) in [7, 11) is 0. The van der Waals surface area contributed by atoms with Crippen molar-refractivity contribution in [2.45, 2.75) is 18.3 Å². The van der Waals surface area contributed by atoms with E-state index in [0.717, 1.165) is 41.4 Å². The summed E-state index contributed by atoms with van der Waals surface area (Å²) in [6, 6.07) is 52.5. The van der Waals surface area contributed by atoms with Gasteiger partial charge in [0, 0.05) is 11.4 Å². The van der Waals surface area contributed by atoms with Gasteiger partial charge in [-0.2, -0.15) is 0 Å². The Kier molecular flexibility index (Phi) is 5.71. The van der Waals surface area contributed by atoms with Gasteiger partial charge in [0.1, 0.15) is 0 Å². The largest absolute Gasteiger partial charge is 0.449 e. The van der Waals surface area contributed by atoms with E-state index in [1.165, 1.54) is 55.3 Å². The molecule has 11 rings (SSSR count). The molecular formula is C47H31NO2. The van der Waals surface area contributed by atoms with Gasteiger partial charge < -0.3 is 14.4 Å². The second kappa shape index (κ2) is 10.3. The highest BCUT2D eigenvalue weighted by Crippen LogP contribution is 2.65. The highest BCUT2D eigenvalue weighted by atomic mass is 16.6. The molecule has 0 N–H and O–H groups in total. The molecule has 50 heavy (non-hydrogen) atoms. The van der Waals surface area contributed by atoms with Crippen molar-refractivity contribution in [3.05, 3.63) is 192 Å². The van der Waals surface area contributed by atoms with Crippen LogP contribution in [0.5, 0.6) is 23.0 Å². The van der Waals surface area contributed by atoms with E-state index in [-0.39, 0.29) is 0 Å². The molecule has 3 nitrogen and oxygen atoms in total. The van der Waals surface area contributed by atoms with Gasteiger partial charge >= 0.3 is 0 Å². The fourth-order valence-electron chi connectivity index (χ4n) is 8.86. The van der Waals surface area contributed by atoms with Gasteiger partial charge in [0.2, 0.25) is 0 Å². The fraction of sp³-hybridized carbons (Fsp3) is 0.0638. The molecule has 4 aliphatic rings. The lowest BCUT2D eigenvalue weighted by Gasteiger charge is -2.33. The van der Waals surface area contributed by atoms with Crippen molar-refractivity contribution < 1.29 is 9.47 Å². The van der Waals surface area contributed by atoms with Crippen molar-refractivity contribution in [3.63, 3.8) is 0 Å². The summed E-state index contributed by atoms with van der Waals surface area (Å²) < 4.78 is 13.9. The maximum Gasteiger partial charge on any atom is 0.194 e. The number of fused-ring (bicyclic) bond motifs is 13. The zero-order chi connectivity index (χ0) is 32.8. The van der Waals surface area contributed by atoms with Gasteiger partial charge in [-0.25, -0.2) is 0 Å². The zero-order valence-corrected chi connectivity index (χ0v) is 27.3. The van der Waals surface area contributed by atoms with Crippen LogP contribution < -0.4 is 14.4 Å². The topological polar surface area (TPSA) is 21.7 Å². The van der Waals surface area contributed by atoms with Gasteiger partial charge in [-0.3, -0.25) is 0 Å². The van der Waals surface area contributed by atoms with E-state index < -0.39 is 5.41 Å². The Morgan fingerprint density at radius 2 is 1.14 bits per heavy atom. The number of rotatable bonds is 3. The van der Waals surface area contributed by atoms with Crippen LogP contribution in [-0.4, -0.2) is 0 Å². The van der Waals surface area contributed by atoms with Crippen LogP contribution in [0.1, 0.15) is 35.1 Å². The van der Waals surface area contributed by atoms with Crippen LogP contribution >= 0.6 is 0 Å². The summed E-state index contributed by atoms with van der Waals surface area (Å²) in [6.45, 7) is 0. The number of ether oxygens (including phenoxy) is 2. The van der Waals surface area contributed by atoms with Crippen molar-refractivity contribution in [3.8, 4) is 45.3 Å². The average Bonchev–Trinajstić information content (AvgIpc) is 3.64. The first kappa shape index (κ1) is 27.6. The molecule has 7 aromatic rings. The number of benzene rings is 7. The van der Waals surface area contributed by atoms with E-state index in [9.17, 15) is 0 Å². The van der Waals surface area contributed by atoms with Gasteiger partial charge in [0.25, 0.3) is 0 Å². The first-order chi connectivity index (χ1) is 24.8. The normalized spacial score (nSPS) is 15.2. The van der Waals surface area contributed by atoms with E-state index in [1.807, 2.05) is 6.07 Å². The Balaban J connectivity index is 1.10. The quantitative estimate of drug-likeness (QED) is 0.192. The molecular weight excluding hydrogens is 611 g/mol. The molecule has 7 aromatic carbocycles. The van der Waals surface area contributed by atoms with Crippen LogP contribution in [0.4, 0.5) is 11.4 Å². The molecule has 3 heteroatoms. The standard InChI is InChI=1S/C47H31NO2/c1-2-15-32(16-3-1)48(33-26-25-30-13-4-5-14-31(30)27-33)42-23-12-24-43-46(42)50-44-28-37-36-19-8-11-22-40(36)47(41(37)29-45(44)49-43)38-20-9-6-17-34(38)35-18-7-10-21-39(35)47/h2,4-29H,1,3H2. The Morgan fingerprint density at radius 1 is 0.480 bits per heavy atom. The Hall–Kier alpha value is -6.32. The van der Waals surface area contributed by atoms with Gasteiger partial charge in [-0.05, 0) is 111 Å². The average molecular weight is 642 g/mol. The van der Waals surface area contributed by atoms with Gasteiger partial charge in [0.05, 0.1) is 11.1 Å². The van der Waals surface area contributed by atoms with E-state index in [1.54, 1.807) is 0 Å². The summed E-state index contributed by atoms with van der Waals surface area (Å²) >= 11 is 0. The minimum Gasteiger partial charge on any atom is -0.449 e. The minimum atomic E-state index is -0.438. The van der Waals surface area contributed by atoms with Crippen LogP contribution in [0.2, 0.25) is 0 Å². The summed E-state index contributed by atoms with van der Waals surface area (Å²) in [5, 5.41) is 2.41. The number of para-hydroxylation sites is 1. The Labute approximate surface area is 291 Å². The number of allylic oxidation sites excluding steroid dienone is 3. The lowest BCUT2D eigenvalue weighted by molar-refractivity contribution is 0.360. The van der Waals surface area contributed by atoms with Gasteiger partial charge in [-0.15, -0.1) is 0 Å². The lowest BCUT2D eigenvalue weighted by Crippen LogP contribution is -2.26. The lowest BCUT2D eigenvalue weighted by atomic mass is 9.70. The highest BCUT2D eigenvalue weighted by Gasteiger charge is 2.52. The number of anilines is 2. The predicted octanol–water partition coefficient (Wildman–Crippen LogP) is 12.5. The Bertz CT molecular complexity index is 2580. The molecule has 1 heterocycles. The molecule has 0 radical (unpaired) electrons. The molecule has 0 unspecified atom stereocenters. The molecule has 0 amide bonds. The fourth-order valence-corrected chi connectivity index (χ4v) is 8.86. The van der Waals surface area contributed by atoms with Crippen molar-refractivity contribution in [2.24, 2.45) is 0 Å². The minimum absolute atomic E-state index is 0.438. The first-order valence-electron chi connectivity index (χ1n) is 17.4. The van der Waals surface area contributed by atoms with Crippen molar-refractivity contribution in [1.82, 2.24) is 0 Å². The second-order valence-electron chi connectivity index (χ2n) is 13.5. The maximum absolute atomic E-state index is 7.00. The summed E-state index contributed by atoms with van der Waals surface area (Å²) in [6.07, 6.45) is 8.81. The molecule has 3 aliphatic carbocycles. The highest BCUT2D eigenvalue weighted by molar-refractivity contribution is 5.96. The van der Waals surface area contributed by atoms with E-state index in [4.69, 9.17) is 9.47 Å². The van der Waals surface area contributed by atoms with E-state index >= 15 is 0 Å². The molecule has 0 aromatic heterocycles. The van der Waals surface area contributed by atoms with Crippen LogP contribution in [0.25, 0.3) is 33.0 Å². The van der Waals surface area contributed by atoms with Crippen LogP contribution in [0, 0.1) is 0 Å². The summed E-state index contributed by atoms with van der Waals surface area (Å²) in [5.74, 6) is 2.88. The first-order valence-corrected chi connectivity index (χ1v) is 17.4. The molecule has 236 valence electrons. The van der Waals surface area contributed by atoms with Crippen LogP contribution in [-0.2, 0) is 5.41 Å². The van der Waals surface area contributed by atoms with E-state index in [0.29, 0.717) is 11.5 Å². The molecule has 0 atom stereocenters. The SMILES string of the molecule is C1=CC(N(c2ccc3ccccc3c2)c2cccc3c2Oc2cc4c(cc2O3)C2(c3ccccc3-c3ccccc32)c2ccccc2-4)=CCC1. The van der Waals surface area contributed by atoms with Gasteiger partial charge in [-0.1, -0.05) is 121 Å². The third-order valence-electron chi connectivity index (χ3n) is 10.9. The third-order valence-corrected chi connectivity index (χ3v) is 10.9. The van der Waals surface area contributed by atoms with Crippen molar-refractivity contribution >= 4 is 22.1 Å². The van der Waals surface area contributed by atoms with Crippen molar-refractivity contribution in [1.29, 1.82) is 0 Å². The van der Waals surface area contributed by atoms with Gasteiger partial charge in [0.15, 0.2) is 23.0 Å². The number of hydrogen-bond donors (Lipinski definition) is 0. The third kappa shape index (κ3) is 3.69. The Morgan fingerprint density at radius 3 is 1.86 bits per heavy atom. The zero-order valence-electron chi connectivity index (χ0n) is 27.3. The summed E-state index contributed by atoms with van der Waals surface area (Å²) in [4.78, 5) is 2.30. The molecule has 0 saturated heterocycles. The number of nitrogens with zero attached hydrogens (tertiary/aromatic N) is 1. The molecule has 0 bridgehead atoms. The molecule has 0 fully saturated rings. The predicted molar refractivity (Wildman–Crippen MR) is 202 cm³/mol. The summed E-state index contributed by atoms with van der Waals surface area (Å²) in [5.41, 5.74) is 12.8. The second-order valence-corrected chi connectivity index (χ2v) is 13.5. The number of hydrogen-bond acceptors (Lipinski definition) is 3. The monoisotopic (exact) mass is 641 g/mol. The van der Waals surface area contributed by atoms with E-state index in [2.05, 4.69) is 163 Å². The molecule has 0 saturated carbocycles. The van der Waals surface area contributed by atoms with Crippen LogP contribution in [0.15, 0.2) is 170 Å². The van der Waals surface area contributed by atoms with Crippen LogP contribution in [0.3, 0.4) is 0 Å². The van der Waals surface area contributed by atoms with Crippen molar-refractivity contribution in [2.75, 3.05) is 4.90 Å². The molecule has 1 aliphatic heterocycles. The maximum atomic E-state index is 7.00. The smallest absolute Gasteiger partial charge is 0.194 e. The molecule has 1 spiro atoms.